The molecule has 0 radical (unpaired) electrons. The van der Waals surface area contributed by atoms with Gasteiger partial charge in [-0.3, -0.25) is 19.8 Å². The second-order valence-electron chi connectivity index (χ2n) is 5.98. The van der Waals surface area contributed by atoms with Crippen LogP contribution in [0.2, 0.25) is 0 Å². The highest BCUT2D eigenvalue weighted by atomic mass is 16.6. The first-order valence-corrected chi connectivity index (χ1v) is 7.85. The van der Waals surface area contributed by atoms with Crippen molar-refractivity contribution < 1.29 is 9.72 Å². The average molecular weight is 319 g/mol. The van der Waals surface area contributed by atoms with Gasteiger partial charge < -0.3 is 16.0 Å². The van der Waals surface area contributed by atoms with E-state index in [1.807, 2.05) is 0 Å². The van der Waals surface area contributed by atoms with Gasteiger partial charge in [0.2, 0.25) is 0 Å². The Kier molecular flexibility index (Phi) is 4.44. The minimum absolute atomic E-state index is 0.0480. The largest absolute Gasteiger partial charge is 0.393 e. The number of nitro benzene ring substituents is 1. The maximum absolute atomic E-state index is 12.7. The molecule has 2 aliphatic heterocycles. The van der Waals surface area contributed by atoms with Crippen LogP contribution in [0.4, 0.5) is 11.4 Å². The molecule has 2 fully saturated rings. The Morgan fingerprint density at radius 1 is 1.30 bits per heavy atom. The van der Waals surface area contributed by atoms with Crippen LogP contribution in [0.5, 0.6) is 0 Å². The third-order valence-corrected chi connectivity index (χ3v) is 4.63. The van der Waals surface area contributed by atoms with Crippen LogP contribution in [0.1, 0.15) is 16.8 Å². The van der Waals surface area contributed by atoms with Crippen LogP contribution in [-0.2, 0) is 0 Å². The predicted octanol–water partition coefficient (Wildman–Crippen LogP) is 0.297. The average Bonchev–Trinajstić information content (AvgIpc) is 3.05. The summed E-state index contributed by atoms with van der Waals surface area (Å²) >= 11 is 0. The van der Waals surface area contributed by atoms with E-state index < -0.39 is 4.92 Å². The van der Waals surface area contributed by atoms with E-state index in [1.54, 1.807) is 11.0 Å². The number of rotatable bonds is 3. The Bertz CT molecular complexity index is 615. The summed E-state index contributed by atoms with van der Waals surface area (Å²) in [5, 5.41) is 14.3. The van der Waals surface area contributed by atoms with Crippen LogP contribution in [0, 0.1) is 10.1 Å². The van der Waals surface area contributed by atoms with Gasteiger partial charge in [0.1, 0.15) is 5.69 Å². The van der Waals surface area contributed by atoms with E-state index in [-0.39, 0.29) is 22.8 Å². The van der Waals surface area contributed by atoms with E-state index in [9.17, 15) is 14.9 Å². The normalized spacial score (nSPS) is 22.3. The van der Waals surface area contributed by atoms with E-state index >= 15 is 0 Å². The quantitative estimate of drug-likeness (QED) is 0.471. The molecule has 3 N–H and O–H groups in total. The number of likely N-dealkylation sites (tertiary alicyclic amines) is 1. The highest BCUT2D eigenvalue weighted by Gasteiger charge is 2.32. The molecular weight excluding hydrogens is 298 g/mol. The molecule has 8 heteroatoms. The summed E-state index contributed by atoms with van der Waals surface area (Å²) in [7, 11) is 0. The van der Waals surface area contributed by atoms with Crippen molar-refractivity contribution in [1.29, 1.82) is 0 Å². The number of anilines is 1. The summed E-state index contributed by atoms with van der Waals surface area (Å²) in [5.74, 6) is -0.219. The lowest BCUT2D eigenvalue weighted by molar-refractivity contribution is -0.383. The minimum Gasteiger partial charge on any atom is -0.393 e. The van der Waals surface area contributed by atoms with Crippen molar-refractivity contribution in [3.63, 3.8) is 0 Å². The topological polar surface area (TPSA) is 105 Å². The zero-order valence-electron chi connectivity index (χ0n) is 12.9. The zero-order chi connectivity index (χ0) is 16.4. The maximum atomic E-state index is 12.7. The first-order valence-electron chi connectivity index (χ1n) is 7.85. The van der Waals surface area contributed by atoms with Crippen molar-refractivity contribution in [1.82, 2.24) is 15.1 Å². The fourth-order valence-corrected chi connectivity index (χ4v) is 3.34. The molecule has 124 valence electrons. The van der Waals surface area contributed by atoms with E-state index in [2.05, 4.69) is 10.2 Å². The van der Waals surface area contributed by atoms with Gasteiger partial charge in [-0.05, 0) is 12.5 Å². The molecule has 2 heterocycles. The van der Waals surface area contributed by atoms with Gasteiger partial charge in [-0.1, -0.05) is 6.07 Å². The second kappa shape index (κ2) is 6.51. The Morgan fingerprint density at radius 3 is 2.74 bits per heavy atom. The summed E-state index contributed by atoms with van der Waals surface area (Å²) in [6.07, 6.45) is 0.931. The molecule has 0 spiro atoms. The van der Waals surface area contributed by atoms with Gasteiger partial charge >= 0.3 is 0 Å². The molecule has 3 rings (SSSR count). The molecule has 23 heavy (non-hydrogen) atoms. The third-order valence-electron chi connectivity index (χ3n) is 4.63. The van der Waals surface area contributed by atoms with Crippen LogP contribution in [0.15, 0.2) is 18.2 Å². The summed E-state index contributed by atoms with van der Waals surface area (Å²) in [5.41, 5.74) is 5.78. The molecule has 0 aliphatic carbocycles. The summed E-state index contributed by atoms with van der Waals surface area (Å²) in [6.45, 7) is 5.25. The van der Waals surface area contributed by atoms with Crippen LogP contribution in [-0.4, -0.2) is 65.9 Å². The number of nitrogen functional groups attached to an aromatic ring is 1. The van der Waals surface area contributed by atoms with Gasteiger partial charge in [0.05, 0.1) is 10.5 Å². The lowest BCUT2D eigenvalue weighted by Gasteiger charge is -2.32. The first-order chi connectivity index (χ1) is 11.1. The summed E-state index contributed by atoms with van der Waals surface area (Å²) in [6, 6.07) is 4.74. The molecule has 2 aliphatic rings. The Morgan fingerprint density at radius 2 is 2.04 bits per heavy atom. The van der Waals surface area contributed by atoms with Gasteiger partial charge in [-0.25, -0.2) is 0 Å². The summed E-state index contributed by atoms with van der Waals surface area (Å²) < 4.78 is 0. The van der Waals surface area contributed by atoms with Crippen molar-refractivity contribution in [2.75, 3.05) is 45.0 Å². The number of nitro groups is 1. The first kappa shape index (κ1) is 15.7. The summed E-state index contributed by atoms with van der Waals surface area (Å²) in [4.78, 5) is 27.2. The fraction of sp³-hybridized carbons (Fsp3) is 0.533. The Labute approximate surface area is 134 Å². The standard InChI is InChI=1S/C15H21N5O3/c16-14-12(2-1-3-13(14)20(22)23)15(21)19-7-4-11(10-19)18-8-5-17-6-9-18/h1-3,11,17H,4-10,16H2. The van der Waals surface area contributed by atoms with Crippen LogP contribution in [0.25, 0.3) is 0 Å². The van der Waals surface area contributed by atoms with Crippen molar-refractivity contribution in [2.45, 2.75) is 12.5 Å². The SMILES string of the molecule is Nc1c(C(=O)N2CCC(N3CCNCC3)C2)cccc1[N+](=O)[O-]. The van der Waals surface area contributed by atoms with Crippen LogP contribution < -0.4 is 11.1 Å². The molecule has 0 saturated carbocycles. The lowest BCUT2D eigenvalue weighted by atomic mass is 10.1. The van der Waals surface area contributed by atoms with Gasteiger partial charge in [-0.15, -0.1) is 0 Å². The number of nitrogens with zero attached hydrogens (tertiary/aromatic N) is 3. The van der Waals surface area contributed by atoms with E-state index in [0.717, 1.165) is 32.6 Å². The number of piperazine rings is 1. The number of carbonyl (C=O) groups is 1. The zero-order valence-corrected chi connectivity index (χ0v) is 12.9. The highest BCUT2D eigenvalue weighted by Crippen LogP contribution is 2.27. The van der Waals surface area contributed by atoms with Crippen molar-refractivity contribution >= 4 is 17.3 Å². The molecule has 1 atom stereocenters. The molecule has 0 aromatic heterocycles. The smallest absolute Gasteiger partial charge is 0.292 e. The Hall–Kier alpha value is -2.19. The van der Waals surface area contributed by atoms with Gasteiger partial charge in [0.25, 0.3) is 11.6 Å². The molecule has 2 saturated heterocycles. The molecule has 1 aromatic carbocycles. The monoisotopic (exact) mass is 319 g/mol. The van der Waals surface area contributed by atoms with Crippen molar-refractivity contribution in [3.8, 4) is 0 Å². The second-order valence-corrected chi connectivity index (χ2v) is 5.98. The lowest BCUT2D eigenvalue weighted by Crippen LogP contribution is -2.49. The van der Waals surface area contributed by atoms with E-state index in [1.165, 1.54) is 12.1 Å². The van der Waals surface area contributed by atoms with E-state index in [0.29, 0.717) is 19.1 Å². The fourth-order valence-electron chi connectivity index (χ4n) is 3.34. The van der Waals surface area contributed by atoms with Crippen LogP contribution >= 0.6 is 0 Å². The molecule has 1 amide bonds. The number of nitrogens with one attached hydrogen (secondary N) is 1. The number of para-hydroxylation sites is 1. The highest BCUT2D eigenvalue weighted by molar-refractivity contribution is 6.01. The number of benzene rings is 1. The van der Waals surface area contributed by atoms with Crippen molar-refractivity contribution in [3.05, 3.63) is 33.9 Å². The number of nitrogens with two attached hydrogens (primary N) is 1. The molecular formula is C15H21N5O3. The third kappa shape index (κ3) is 3.13. The van der Waals surface area contributed by atoms with E-state index in [4.69, 9.17) is 5.73 Å². The molecule has 8 nitrogen and oxygen atoms in total. The maximum Gasteiger partial charge on any atom is 0.292 e. The van der Waals surface area contributed by atoms with Crippen LogP contribution in [0.3, 0.4) is 0 Å². The molecule has 1 aromatic rings. The Balaban J connectivity index is 1.72. The van der Waals surface area contributed by atoms with Crippen molar-refractivity contribution in [2.24, 2.45) is 0 Å². The molecule has 1 unspecified atom stereocenters. The predicted molar refractivity (Wildman–Crippen MR) is 86.3 cm³/mol. The number of hydrogen-bond acceptors (Lipinski definition) is 6. The number of carbonyl (C=O) groups excluding carboxylic acids is 1. The number of amides is 1. The van der Waals surface area contributed by atoms with Gasteiger partial charge in [-0.2, -0.15) is 0 Å². The molecule has 0 bridgehead atoms. The van der Waals surface area contributed by atoms with Gasteiger partial charge in [0.15, 0.2) is 0 Å². The van der Waals surface area contributed by atoms with Gasteiger partial charge in [0, 0.05) is 51.4 Å². The number of hydrogen-bond donors (Lipinski definition) is 2. The minimum atomic E-state index is -0.556.